The Labute approximate surface area is 139 Å². The molecule has 0 radical (unpaired) electrons. The molecule has 0 spiro atoms. The molecule has 0 atom stereocenters. The Hall–Kier alpha value is -2.19. The van der Waals surface area contributed by atoms with Crippen LogP contribution in [0.15, 0.2) is 6.20 Å². The van der Waals surface area contributed by atoms with Gasteiger partial charge in [-0.15, -0.1) is 0 Å². The number of urea groups is 1. The van der Waals surface area contributed by atoms with E-state index in [1.54, 1.807) is 13.8 Å². The van der Waals surface area contributed by atoms with Crippen molar-refractivity contribution >= 4 is 17.7 Å². The highest BCUT2D eigenvalue weighted by molar-refractivity contribution is 5.90. The summed E-state index contributed by atoms with van der Waals surface area (Å²) in [7, 11) is 0. The number of aromatic nitrogens is 2. The number of hydrogen-bond acceptors (Lipinski definition) is 3. The molecule has 0 bridgehead atoms. The summed E-state index contributed by atoms with van der Waals surface area (Å²) in [4.78, 5) is 22.6. The number of nitrogens with one attached hydrogen (secondary N) is 2. The van der Waals surface area contributed by atoms with E-state index in [9.17, 15) is 18.4 Å². The Kier molecular flexibility index (Phi) is 6.68. The van der Waals surface area contributed by atoms with E-state index in [0.717, 1.165) is 0 Å². The molecule has 0 aromatic carbocycles. The third-order valence-corrected chi connectivity index (χ3v) is 3.21. The molecule has 3 N–H and O–H groups in total. The molecule has 1 heterocycles. The third-order valence-electron chi connectivity index (χ3n) is 3.21. The number of carbonyl (C=O) groups is 2. The van der Waals surface area contributed by atoms with Gasteiger partial charge >= 0.3 is 12.0 Å². The largest absolute Gasteiger partial charge is 0.481 e. The quantitative estimate of drug-likeness (QED) is 0.673. The van der Waals surface area contributed by atoms with Gasteiger partial charge in [-0.3, -0.25) is 9.48 Å². The molecule has 24 heavy (non-hydrogen) atoms. The lowest BCUT2D eigenvalue weighted by Crippen LogP contribution is -2.45. The van der Waals surface area contributed by atoms with Crippen LogP contribution < -0.4 is 10.6 Å². The summed E-state index contributed by atoms with van der Waals surface area (Å²) in [5, 5.41) is 17.5. The number of alkyl halides is 2. The van der Waals surface area contributed by atoms with Crippen LogP contribution in [0.25, 0.3) is 0 Å². The lowest BCUT2D eigenvalue weighted by atomic mass is 9.99. The van der Waals surface area contributed by atoms with Crippen molar-refractivity contribution in [2.75, 3.05) is 5.32 Å². The van der Waals surface area contributed by atoms with Crippen molar-refractivity contribution < 1.29 is 23.5 Å². The maximum absolute atomic E-state index is 13.1. The molecule has 1 aromatic rings. The number of aliphatic carboxylic acids is 1. The van der Waals surface area contributed by atoms with E-state index in [1.165, 1.54) is 10.9 Å². The molecule has 0 saturated carbocycles. The fourth-order valence-corrected chi connectivity index (χ4v) is 2.10. The van der Waals surface area contributed by atoms with E-state index in [0.29, 0.717) is 6.54 Å². The van der Waals surface area contributed by atoms with Gasteiger partial charge in [0.25, 0.3) is 6.43 Å². The summed E-state index contributed by atoms with van der Waals surface area (Å²) in [5.74, 6) is -0.757. The van der Waals surface area contributed by atoms with Crippen LogP contribution >= 0.6 is 0 Å². The summed E-state index contributed by atoms with van der Waals surface area (Å²) in [6.45, 7) is 7.62. The monoisotopic (exact) mass is 346 g/mol. The second-order valence-electron chi connectivity index (χ2n) is 6.70. The predicted octanol–water partition coefficient (Wildman–Crippen LogP) is 3.24. The fourth-order valence-electron chi connectivity index (χ4n) is 2.10. The highest BCUT2D eigenvalue weighted by Crippen LogP contribution is 2.26. The Morgan fingerprint density at radius 1 is 1.38 bits per heavy atom. The molecule has 7 nitrogen and oxygen atoms in total. The molecule has 0 fully saturated rings. The summed E-state index contributed by atoms with van der Waals surface area (Å²) in [6, 6.07) is -0.684. The zero-order valence-electron chi connectivity index (χ0n) is 14.3. The van der Waals surface area contributed by atoms with E-state index in [4.69, 9.17) is 5.11 Å². The number of nitrogens with zero attached hydrogens (tertiary/aromatic N) is 2. The molecule has 1 rings (SSSR count). The summed E-state index contributed by atoms with van der Waals surface area (Å²) < 4.78 is 27.5. The van der Waals surface area contributed by atoms with Crippen molar-refractivity contribution in [2.24, 2.45) is 5.92 Å². The van der Waals surface area contributed by atoms with Crippen LogP contribution in [-0.4, -0.2) is 32.4 Å². The highest BCUT2D eigenvalue weighted by atomic mass is 19.3. The lowest BCUT2D eigenvalue weighted by Gasteiger charge is -2.25. The molecule has 0 aliphatic rings. The van der Waals surface area contributed by atoms with Crippen LogP contribution in [0.5, 0.6) is 0 Å². The second kappa shape index (κ2) is 8.07. The van der Waals surface area contributed by atoms with E-state index in [1.807, 2.05) is 13.8 Å². The molecule has 0 aliphatic heterocycles. The molecular weight excluding hydrogens is 322 g/mol. The normalized spacial score (nSPS) is 11.8. The average molecular weight is 346 g/mol. The van der Waals surface area contributed by atoms with E-state index in [-0.39, 0.29) is 24.4 Å². The summed E-state index contributed by atoms with van der Waals surface area (Å²) >= 11 is 0. The van der Waals surface area contributed by atoms with Crippen molar-refractivity contribution in [2.45, 2.75) is 59.0 Å². The lowest BCUT2D eigenvalue weighted by molar-refractivity contribution is -0.137. The van der Waals surface area contributed by atoms with Gasteiger partial charge in [0.15, 0.2) is 5.69 Å². The van der Waals surface area contributed by atoms with E-state index < -0.39 is 29.7 Å². The van der Waals surface area contributed by atoms with Crippen molar-refractivity contribution in [1.82, 2.24) is 15.1 Å². The van der Waals surface area contributed by atoms with Gasteiger partial charge < -0.3 is 15.7 Å². The van der Waals surface area contributed by atoms with Gasteiger partial charge in [-0.1, -0.05) is 13.8 Å². The van der Waals surface area contributed by atoms with Crippen LogP contribution in [0.3, 0.4) is 0 Å². The summed E-state index contributed by atoms with van der Waals surface area (Å²) in [5.41, 5.74) is -1.34. The standard InChI is InChI=1S/C15H24F2N4O3/c1-9(2)7-21-8-10(12(20-21)13(16)17)18-14(24)19-15(3,4)6-5-11(22)23/h8-9,13H,5-7H2,1-4H3,(H,22,23)(H2,18,19,24). The maximum atomic E-state index is 13.1. The number of hydrogen-bond donors (Lipinski definition) is 3. The Bertz CT molecular complexity index is 585. The summed E-state index contributed by atoms with van der Waals surface area (Å²) in [6.07, 6.45) is -1.34. The number of rotatable bonds is 8. The fraction of sp³-hybridized carbons (Fsp3) is 0.667. The third kappa shape index (κ3) is 6.51. The molecule has 1 aromatic heterocycles. The number of halogens is 2. The number of amides is 2. The maximum Gasteiger partial charge on any atom is 0.319 e. The van der Waals surface area contributed by atoms with Crippen molar-refractivity contribution in [1.29, 1.82) is 0 Å². The molecule has 0 saturated heterocycles. The van der Waals surface area contributed by atoms with Crippen LogP contribution in [0, 0.1) is 5.92 Å². The zero-order valence-corrected chi connectivity index (χ0v) is 14.3. The Balaban J connectivity index is 2.78. The Morgan fingerprint density at radius 3 is 2.50 bits per heavy atom. The number of anilines is 1. The first kappa shape index (κ1) is 19.9. The van der Waals surface area contributed by atoms with E-state index >= 15 is 0 Å². The number of carboxylic acids is 1. The van der Waals surface area contributed by atoms with Crippen molar-refractivity contribution in [3.63, 3.8) is 0 Å². The molecule has 0 aliphatic carbocycles. The smallest absolute Gasteiger partial charge is 0.319 e. The molecule has 0 unspecified atom stereocenters. The highest BCUT2D eigenvalue weighted by Gasteiger charge is 2.24. The predicted molar refractivity (Wildman–Crippen MR) is 85.1 cm³/mol. The van der Waals surface area contributed by atoms with Crippen molar-refractivity contribution in [3.05, 3.63) is 11.9 Å². The van der Waals surface area contributed by atoms with Gasteiger partial charge in [-0.05, 0) is 26.2 Å². The minimum atomic E-state index is -2.81. The van der Waals surface area contributed by atoms with Crippen molar-refractivity contribution in [3.8, 4) is 0 Å². The minimum absolute atomic E-state index is 0.0582. The van der Waals surface area contributed by atoms with Crippen LogP contribution in [0.2, 0.25) is 0 Å². The first-order valence-corrected chi connectivity index (χ1v) is 7.66. The van der Waals surface area contributed by atoms with E-state index in [2.05, 4.69) is 15.7 Å². The molecule has 2 amide bonds. The minimum Gasteiger partial charge on any atom is -0.481 e. The van der Waals surface area contributed by atoms with Gasteiger partial charge in [-0.2, -0.15) is 5.10 Å². The van der Waals surface area contributed by atoms with Gasteiger partial charge in [0.2, 0.25) is 0 Å². The topological polar surface area (TPSA) is 96.2 Å². The van der Waals surface area contributed by atoms with Gasteiger partial charge in [0.1, 0.15) is 0 Å². The Morgan fingerprint density at radius 2 is 2.00 bits per heavy atom. The zero-order chi connectivity index (χ0) is 18.5. The SMILES string of the molecule is CC(C)Cn1cc(NC(=O)NC(C)(C)CCC(=O)O)c(C(F)F)n1. The average Bonchev–Trinajstić information content (AvgIpc) is 2.77. The van der Waals surface area contributed by atoms with Crippen LogP contribution in [0.4, 0.5) is 19.3 Å². The first-order valence-electron chi connectivity index (χ1n) is 7.66. The van der Waals surface area contributed by atoms with Crippen LogP contribution in [-0.2, 0) is 11.3 Å². The molecule has 136 valence electrons. The van der Waals surface area contributed by atoms with Gasteiger partial charge in [-0.25, -0.2) is 13.6 Å². The van der Waals surface area contributed by atoms with Crippen LogP contribution in [0.1, 0.15) is 52.7 Å². The first-order chi connectivity index (χ1) is 11.0. The van der Waals surface area contributed by atoms with Gasteiger partial charge in [0.05, 0.1) is 5.69 Å². The number of carbonyl (C=O) groups excluding carboxylic acids is 1. The van der Waals surface area contributed by atoms with Gasteiger partial charge in [0, 0.05) is 24.7 Å². The second-order valence-corrected chi connectivity index (χ2v) is 6.70. The number of carboxylic acid groups (broad SMARTS) is 1. The molecular formula is C15H24F2N4O3. The molecule has 9 heteroatoms.